The number of fused-ring (bicyclic) bond motifs is 2. The van der Waals surface area contributed by atoms with E-state index in [9.17, 15) is 4.79 Å². The van der Waals surface area contributed by atoms with Crippen LogP contribution in [0.15, 0.2) is 6.33 Å². The van der Waals surface area contributed by atoms with Crippen LogP contribution in [-0.4, -0.2) is 42.8 Å². The highest BCUT2D eigenvalue weighted by Gasteiger charge is 2.34. The Morgan fingerprint density at radius 3 is 2.96 bits per heavy atom. The first kappa shape index (κ1) is 16.3. The fourth-order valence-electron chi connectivity index (χ4n) is 4.18. The normalized spacial score (nSPS) is 22.6. The number of hydrogen-bond acceptors (Lipinski definition) is 4. The van der Waals surface area contributed by atoms with Crippen LogP contribution in [0.2, 0.25) is 0 Å². The lowest BCUT2D eigenvalue weighted by molar-refractivity contribution is -0.00907. The highest BCUT2D eigenvalue weighted by molar-refractivity contribution is 5.94. The Balaban J connectivity index is 1.63. The smallest absolute Gasteiger partial charge is 0.275 e. The first-order chi connectivity index (χ1) is 12.0. The zero-order valence-electron chi connectivity index (χ0n) is 15.3. The zero-order chi connectivity index (χ0) is 17.7. The average Bonchev–Trinajstić information content (AvgIpc) is 3.14. The lowest BCUT2D eigenvalue weighted by Crippen LogP contribution is -2.37. The van der Waals surface area contributed by atoms with Crippen LogP contribution in [0.5, 0.6) is 0 Å². The van der Waals surface area contributed by atoms with Gasteiger partial charge in [0.2, 0.25) is 0 Å². The molecular formula is C18H25N5O2. The molecule has 4 rings (SSSR count). The average molecular weight is 343 g/mol. The summed E-state index contributed by atoms with van der Waals surface area (Å²) in [6.07, 6.45) is 3.53. The predicted octanol–water partition coefficient (Wildman–Crippen LogP) is 1.86. The molecule has 1 amide bonds. The summed E-state index contributed by atoms with van der Waals surface area (Å²) in [5.74, 6) is 0.00912. The molecule has 2 aliphatic rings. The van der Waals surface area contributed by atoms with Crippen molar-refractivity contribution in [1.82, 2.24) is 24.2 Å². The molecule has 0 spiro atoms. The van der Waals surface area contributed by atoms with Crippen LogP contribution in [-0.2, 0) is 37.7 Å². The molecular weight excluding hydrogens is 318 g/mol. The number of carbonyl (C=O) groups excluding carboxylic acids is 1. The third-order valence-corrected chi connectivity index (χ3v) is 5.33. The molecule has 2 aliphatic heterocycles. The van der Waals surface area contributed by atoms with Gasteiger partial charge >= 0.3 is 0 Å². The van der Waals surface area contributed by atoms with E-state index < -0.39 is 0 Å². The van der Waals surface area contributed by atoms with Crippen molar-refractivity contribution >= 4 is 5.91 Å². The monoisotopic (exact) mass is 343 g/mol. The van der Waals surface area contributed by atoms with Crippen LogP contribution < -0.4 is 0 Å². The number of aromatic nitrogens is 4. The Bertz CT molecular complexity index is 822. The van der Waals surface area contributed by atoms with Crippen LogP contribution in [0.1, 0.15) is 60.0 Å². The maximum absolute atomic E-state index is 13.2. The van der Waals surface area contributed by atoms with Gasteiger partial charge in [0.05, 0.1) is 36.5 Å². The van der Waals surface area contributed by atoms with Gasteiger partial charge in [-0.25, -0.2) is 4.98 Å². The number of ether oxygens (including phenoxy) is 1. The van der Waals surface area contributed by atoms with Gasteiger partial charge in [-0.3, -0.25) is 9.48 Å². The molecule has 7 nitrogen and oxygen atoms in total. The summed E-state index contributed by atoms with van der Waals surface area (Å²) in [5, 5.41) is 4.55. The van der Waals surface area contributed by atoms with E-state index in [-0.39, 0.29) is 18.1 Å². The number of imidazole rings is 1. The predicted molar refractivity (Wildman–Crippen MR) is 92.2 cm³/mol. The van der Waals surface area contributed by atoms with Gasteiger partial charge < -0.3 is 14.2 Å². The SMILES string of the molecule is CCn1cnc2c1CCN(C(=O)c1nn(C)c3c1C[C@H](C)O[C@@H]3C)C2. The van der Waals surface area contributed by atoms with Crippen molar-refractivity contribution in [2.24, 2.45) is 7.05 Å². The molecule has 0 aliphatic carbocycles. The van der Waals surface area contributed by atoms with E-state index in [1.807, 2.05) is 32.1 Å². The molecule has 4 heterocycles. The Morgan fingerprint density at radius 1 is 1.40 bits per heavy atom. The Morgan fingerprint density at radius 2 is 2.20 bits per heavy atom. The van der Waals surface area contributed by atoms with E-state index >= 15 is 0 Å². The summed E-state index contributed by atoms with van der Waals surface area (Å²) in [6, 6.07) is 0. The minimum absolute atomic E-state index is 0.00912. The second kappa shape index (κ2) is 5.98. The van der Waals surface area contributed by atoms with Gasteiger partial charge in [0.15, 0.2) is 5.69 Å². The number of nitrogens with zero attached hydrogens (tertiary/aromatic N) is 5. The minimum atomic E-state index is -0.0361. The van der Waals surface area contributed by atoms with Crippen molar-refractivity contribution in [3.63, 3.8) is 0 Å². The number of rotatable bonds is 2. The van der Waals surface area contributed by atoms with E-state index in [4.69, 9.17) is 4.74 Å². The summed E-state index contributed by atoms with van der Waals surface area (Å²) in [4.78, 5) is 19.5. The molecule has 0 N–H and O–H groups in total. The van der Waals surface area contributed by atoms with Crippen LogP contribution in [0.25, 0.3) is 0 Å². The molecule has 25 heavy (non-hydrogen) atoms. The van der Waals surface area contributed by atoms with Crippen molar-refractivity contribution in [2.75, 3.05) is 6.54 Å². The molecule has 0 unspecified atom stereocenters. The fraction of sp³-hybridized carbons (Fsp3) is 0.611. The summed E-state index contributed by atoms with van der Waals surface area (Å²) >= 11 is 0. The Kier molecular flexibility index (Phi) is 3.91. The van der Waals surface area contributed by atoms with Gasteiger partial charge in [-0.05, 0) is 20.8 Å². The third kappa shape index (κ3) is 2.57. The van der Waals surface area contributed by atoms with E-state index in [2.05, 4.69) is 21.6 Å². The molecule has 0 aromatic carbocycles. The summed E-state index contributed by atoms with van der Waals surface area (Å²) in [6.45, 7) is 8.38. The number of carbonyl (C=O) groups is 1. The maximum atomic E-state index is 13.2. The van der Waals surface area contributed by atoms with E-state index in [1.165, 1.54) is 5.69 Å². The standard InChI is InChI=1S/C18H25N5O2/c1-5-22-10-19-14-9-23(7-6-15(14)22)18(24)16-13-8-11(2)25-12(3)17(13)21(4)20-16/h10-12H,5-9H2,1-4H3/t11-,12+/m0/s1. The van der Waals surface area contributed by atoms with Gasteiger partial charge in [-0.15, -0.1) is 0 Å². The van der Waals surface area contributed by atoms with E-state index in [0.29, 0.717) is 18.8 Å². The van der Waals surface area contributed by atoms with E-state index in [1.54, 1.807) is 4.68 Å². The van der Waals surface area contributed by atoms with Gasteiger partial charge in [0.25, 0.3) is 5.91 Å². The van der Waals surface area contributed by atoms with Crippen molar-refractivity contribution < 1.29 is 9.53 Å². The first-order valence-electron chi connectivity index (χ1n) is 9.03. The Labute approximate surface area is 147 Å². The summed E-state index contributed by atoms with van der Waals surface area (Å²) in [5.41, 5.74) is 4.91. The van der Waals surface area contributed by atoms with Gasteiger partial charge in [0, 0.05) is 44.2 Å². The van der Waals surface area contributed by atoms with Gasteiger partial charge in [-0.2, -0.15) is 5.10 Å². The quantitative estimate of drug-likeness (QED) is 0.835. The Hall–Kier alpha value is -2.15. The molecule has 2 aromatic heterocycles. The number of aryl methyl sites for hydroxylation is 2. The molecule has 0 bridgehead atoms. The van der Waals surface area contributed by atoms with Crippen LogP contribution in [0.4, 0.5) is 0 Å². The van der Waals surface area contributed by atoms with Crippen molar-refractivity contribution in [2.45, 2.75) is 58.9 Å². The molecule has 0 fully saturated rings. The van der Waals surface area contributed by atoms with Crippen LogP contribution >= 0.6 is 0 Å². The van der Waals surface area contributed by atoms with E-state index in [0.717, 1.165) is 36.3 Å². The molecule has 7 heteroatoms. The fourth-order valence-corrected chi connectivity index (χ4v) is 4.18. The van der Waals surface area contributed by atoms with Gasteiger partial charge in [-0.1, -0.05) is 0 Å². The third-order valence-electron chi connectivity index (χ3n) is 5.33. The van der Waals surface area contributed by atoms with Crippen molar-refractivity contribution in [3.05, 3.63) is 34.7 Å². The lowest BCUT2D eigenvalue weighted by Gasteiger charge is -2.28. The summed E-state index contributed by atoms with van der Waals surface area (Å²) in [7, 11) is 1.89. The molecule has 2 aromatic rings. The second-order valence-electron chi connectivity index (χ2n) is 7.03. The number of hydrogen-bond donors (Lipinski definition) is 0. The summed E-state index contributed by atoms with van der Waals surface area (Å²) < 4.78 is 9.87. The van der Waals surface area contributed by atoms with Crippen LogP contribution in [0.3, 0.4) is 0 Å². The van der Waals surface area contributed by atoms with Gasteiger partial charge in [0.1, 0.15) is 0 Å². The first-order valence-corrected chi connectivity index (χ1v) is 9.03. The molecule has 2 atom stereocenters. The highest BCUT2D eigenvalue weighted by Crippen LogP contribution is 2.32. The second-order valence-corrected chi connectivity index (χ2v) is 7.03. The minimum Gasteiger partial charge on any atom is -0.369 e. The molecule has 134 valence electrons. The van der Waals surface area contributed by atoms with Crippen molar-refractivity contribution in [3.8, 4) is 0 Å². The largest absolute Gasteiger partial charge is 0.369 e. The molecule has 0 saturated heterocycles. The molecule has 0 saturated carbocycles. The molecule has 0 radical (unpaired) electrons. The maximum Gasteiger partial charge on any atom is 0.275 e. The van der Waals surface area contributed by atoms with Crippen molar-refractivity contribution in [1.29, 1.82) is 0 Å². The highest BCUT2D eigenvalue weighted by atomic mass is 16.5. The zero-order valence-corrected chi connectivity index (χ0v) is 15.3. The number of amides is 1. The topological polar surface area (TPSA) is 65.2 Å². The lowest BCUT2D eigenvalue weighted by atomic mass is 9.98. The van der Waals surface area contributed by atoms with Crippen LogP contribution in [0, 0.1) is 0 Å².